The Morgan fingerprint density at radius 2 is 1.92 bits per heavy atom. The van der Waals surface area contributed by atoms with Crippen molar-refractivity contribution in [2.24, 2.45) is 0 Å². The molecule has 1 aliphatic heterocycles. The summed E-state index contributed by atoms with van der Waals surface area (Å²) in [6.07, 6.45) is 2.32. The van der Waals surface area contributed by atoms with Crippen LogP contribution in [0.1, 0.15) is 32.6 Å². The van der Waals surface area contributed by atoms with Gasteiger partial charge in [0.2, 0.25) is 0 Å². The van der Waals surface area contributed by atoms with Crippen molar-refractivity contribution in [2.75, 3.05) is 38.2 Å². The van der Waals surface area contributed by atoms with Crippen LogP contribution >= 0.6 is 0 Å². The Balaban J connectivity index is 2.14. The summed E-state index contributed by atoms with van der Waals surface area (Å²) in [6.45, 7) is -1.94. The maximum atomic E-state index is 12.7. The highest BCUT2D eigenvalue weighted by Gasteiger charge is 2.34. The molecule has 146 valence electrons. The molecule has 5 nitrogen and oxygen atoms in total. The highest BCUT2D eigenvalue weighted by molar-refractivity contribution is 6.58. The van der Waals surface area contributed by atoms with Gasteiger partial charge in [0.05, 0.1) is 13.7 Å². The zero-order valence-electron chi connectivity index (χ0n) is 15.2. The van der Waals surface area contributed by atoms with E-state index in [1.165, 1.54) is 12.0 Å². The van der Waals surface area contributed by atoms with Gasteiger partial charge in [0.1, 0.15) is 0 Å². The molecule has 0 saturated carbocycles. The number of unbranched alkanes of at least 4 members (excludes halogenated alkanes) is 2. The SMILES string of the molecule is CCCCCOc1cc(N2CCCN(C[B-](F)(F)F)C2=O)ccc1OC. The maximum absolute atomic E-state index is 12.7. The van der Waals surface area contributed by atoms with E-state index in [1.54, 1.807) is 18.2 Å². The number of hydrogen-bond donors (Lipinski definition) is 0. The number of carbonyl (C=O) groups is 1. The van der Waals surface area contributed by atoms with Gasteiger partial charge in [-0.2, -0.15) is 0 Å². The molecule has 0 aromatic heterocycles. The molecule has 1 saturated heterocycles. The lowest BCUT2D eigenvalue weighted by Crippen LogP contribution is -2.53. The standard InChI is InChI=1S/C17H25BF3N2O3/c1-3-4-5-11-26-16-12-14(7-8-15(16)25-2)23-10-6-9-22(17(23)24)13-18(19,20)21/h7-8,12H,3-6,9-11,13H2,1-2H3/q-1. The fourth-order valence-electron chi connectivity index (χ4n) is 2.92. The number of ether oxygens (including phenoxy) is 2. The Morgan fingerprint density at radius 3 is 2.58 bits per heavy atom. The Kier molecular flexibility index (Phi) is 7.05. The quantitative estimate of drug-likeness (QED) is 0.479. The first-order valence-electron chi connectivity index (χ1n) is 8.94. The average molecular weight is 373 g/mol. The molecule has 0 unspecified atom stereocenters. The Bertz CT molecular complexity index is 613. The second kappa shape index (κ2) is 9.05. The Labute approximate surface area is 152 Å². The second-order valence-electron chi connectivity index (χ2n) is 6.33. The van der Waals surface area contributed by atoms with Crippen LogP contribution in [0.5, 0.6) is 11.5 Å². The molecular formula is C17H25BF3N2O3-. The first-order chi connectivity index (χ1) is 12.4. The molecule has 1 fully saturated rings. The van der Waals surface area contributed by atoms with E-state index in [0.29, 0.717) is 36.8 Å². The van der Waals surface area contributed by atoms with Gasteiger partial charge in [-0.25, -0.2) is 4.79 Å². The van der Waals surface area contributed by atoms with Gasteiger partial charge in [-0.15, -0.1) is 0 Å². The second-order valence-corrected chi connectivity index (χ2v) is 6.33. The number of methoxy groups -OCH3 is 1. The Hall–Kier alpha value is -2.06. The van der Waals surface area contributed by atoms with E-state index in [9.17, 15) is 17.7 Å². The lowest BCUT2D eigenvalue weighted by molar-refractivity contribution is 0.198. The topological polar surface area (TPSA) is 42.0 Å². The maximum Gasteiger partial charge on any atom is 0.497 e. The van der Waals surface area contributed by atoms with E-state index in [0.717, 1.165) is 24.2 Å². The van der Waals surface area contributed by atoms with Gasteiger partial charge in [-0.1, -0.05) is 19.8 Å². The van der Waals surface area contributed by atoms with E-state index in [1.807, 2.05) is 0 Å². The van der Waals surface area contributed by atoms with Gasteiger partial charge in [-0.05, 0) is 31.4 Å². The lowest BCUT2D eigenvalue weighted by Gasteiger charge is -2.38. The van der Waals surface area contributed by atoms with Crippen LogP contribution in [0.15, 0.2) is 18.2 Å². The minimum atomic E-state index is -5.05. The highest BCUT2D eigenvalue weighted by atomic mass is 19.4. The zero-order valence-corrected chi connectivity index (χ0v) is 15.2. The molecule has 0 N–H and O–H groups in total. The van der Waals surface area contributed by atoms with E-state index < -0.39 is 19.5 Å². The number of rotatable bonds is 9. The van der Waals surface area contributed by atoms with Crippen LogP contribution in [0.4, 0.5) is 23.4 Å². The van der Waals surface area contributed by atoms with Crippen molar-refractivity contribution in [1.29, 1.82) is 0 Å². The molecule has 2 amide bonds. The van der Waals surface area contributed by atoms with E-state index in [-0.39, 0.29) is 6.54 Å². The molecule has 0 aliphatic carbocycles. The Morgan fingerprint density at radius 1 is 1.15 bits per heavy atom. The first-order valence-corrected chi connectivity index (χ1v) is 8.94. The number of hydrogen-bond acceptors (Lipinski definition) is 3. The van der Waals surface area contributed by atoms with Crippen LogP contribution in [-0.2, 0) is 0 Å². The van der Waals surface area contributed by atoms with Crippen LogP contribution in [0, 0.1) is 0 Å². The van der Waals surface area contributed by atoms with Crippen molar-refractivity contribution in [3.05, 3.63) is 18.2 Å². The molecular weight excluding hydrogens is 348 g/mol. The molecule has 1 aromatic carbocycles. The normalized spacial score (nSPS) is 15.3. The number of carbonyl (C=O) groups excluding carboxylic acids is 1. The lowest BCUT2D eigenvalue weighted by atomic mass is 9.91. The molecule has 1 aliphatic rings. The van der Waals surface area contributed by atoms with Gasteiger partial charge in [0, 0.05) is 24.8 Å². The summed E-state index contributed by atoms with van der Waals surface area (Å²) in [4.78, 5) is 14.7. The van der Waals surface area contributed by atoms with E-state index in [2.05, 4.69) is 6.92 Å². The van der Waals surface area contributed by atoms with Crippen molar-refractivity contribution < 1.29 is 27.2 Å². The molecule has 0 bridgehead atoms. The molecule has 9 heteroatoms. The number of anilines is 1. The monoisotopic (exact) mass is 373 g/mol. The largest absolute Gasteiger partial charge is 0.497 e. The first kappa shape index (κ1) is 20.3. The van der Waals surface area contributed by atoms with Crippen LogP contribution in [0.3, 0.4) is 0 Å². The van der Waals surface area contributed by atoms with Crippen LogP contribution in [0.2, 0.25) is 0 Å². The van der Waals surface area contributed by atoms with E-state index in [4.69, 9.17) is 9.47 Å². The summed E-state index contributed by atoms with van der Waals surface area (Å²) in [6, 6.07) is 4.37. The third kappa shape index (κ3) is 5.47. The summed E-state index contributed by atoms with van der Waals surface area (Å²) in [5.74, 6) is 1.02. The molecule has 2 rings (SSSR count). The number of halogens is 3. The number of urea groups is 1. The van der Waals surface area contributed by atoms with Crippen molar-refractivity contribution in [1.82, 2.24) is 4.90 Å². The van der Waals surface area contributed by atoms with Crippen molar-refractivity contribution in [3.8, 4) is 11.5 Å². The third-order valence-electron chi connectivity index (χ3n) is 4.20. The number of nitrogens with zero attached hydrogens (tertiary/aromatic N) is 2. The van der Waals surface area contributed by atoms with Gasteiger partial charge < -0.3 is 27.3 Å². The highest BCUT2D eigenvalue weighted by Crippen LogP contribution is 2.33. The minimum Gasteiger partial charge on any atom is -0.493 e. The summed E-state index contributed by atoms with van der Waals surface area (Å²) in [5.41, 5.74) is 0.515. The molecule has 0 atom stereocenters. The summed E-state index contributed by atoms with van der Waals surface area (Å²) in [7, 11) is 1.52. The smallest absolute Gasteiger partial charge is 0.493 e. The fraction of sp³-hybridized carbons (Fsp3) is 0.588. The van der Waals surface area contributed by atoms with Gasteiger partial charge in [0.25, 0.3) is 0 Å². The molecule has 1 heterocycles. The van der Waals surface area contributed by atoms with Gasteiger partial charge in [0.15, 0.2) is 11.5 Å². The number of benzene rings is 1. The van der Waals surface area contributed by atoms with Crippen LogP contribution < -0.4 is 14.4 Å². The van der Waals surface area contributed by atoms with Crippen molar-refractivity contribution in [2.45, 2.75) is 32.6 Å². The van der Waals surface area contributed by atoms with Crippen LogP contribution in [-0.4, -0.2) is 51.2 Å². The predicted molar refractivity (Wildman–Crippen MR) is 96.0 cm³/mol. The van der Waals surface area contributed by atoms with Crippen molar-refractivity contribution in [3.63, 3.8) is 0 Å². The molecule has 0 radical (unpaired) electrons. The van der Waals surface area contributed by atoms with E-state index >= 15 is 0 Å². The predicted octanol–water partition coefficient (Wildman–Crippen LogP) is 4.28. The third-order valence-corrected chi connectivity index (χ3v) is 4.20. The molecule has 1 aromatic rings. The number of amides is 2. The molecule has 0 spiro atoms. The van der Waals surface area contributed by atoms with Crippen molar-refractivity contribution >= 4 is 18.7 Å². The van der Waals surface area contributed by atoms with Gasteiger partial charge in [-0.3, -0.25) is 4.90 Å². The van der Waals surface area contributed by atoms with Gasteiger partial charge >= 0.3 is 13.0 Å². The minimum absolute atomic E-state index is 0.118. The fourth-order valence-corrected chi connectivity index (χ4v) is 2.92. The van der Waals surface area contributed by atoms with Crippen LogP contribution in [0.25, 0.3) is 0 Å². The summed E-state index contributed by atoms with van der Waals surface area (Å²) in [5, 5.41) is 0. The summed E-state index contributed by atoms with van der Waals surface area (Å²) >= 11 is 0. The zero-order chi connectivity index (χ0) is 19.2. The average Bonchev–Trinajstić information content (AvgIpc) is 2.59. The molecule has 26 heavy (non-hydrogen) atoms. The summed E-state index contributed by atoms with van der Waals surface area (Å²) < 4.78 is 49.2.